The van der Waals surface area contributed by atoms with Crippen molar-refractivity contribution in [1.82, 2.24) is 19.6 Å². The maximum Gasteiger partial charge on any atom is 0.255 e. The van der Waals surface area contributed by atoms with E-state index in [1.54, 1.807) is 6.20 Å². The van der Waals surface area contributed by atoms with Gasteiger partial charge in [0.1, 0.15) is 0 Å². The third-order valence-electron chi connectivity index (χ3n) is 5.21. The van der Waals surface area contributed by atoms with Crippen molar-refractivity contribution in [2.75, 3.05) is 5.32 Å². The number of rotatable bonds is 6. The van der Waals surface area contributed by atoms with Gasteiger partial charge in [0.25, 0.3) is 5.91 Å². The molecule has 0 aliphatic rings. The minimum atomic E-state index is -0.149. The van der Waals surface area contributed by atoms with E-state index in [0.29, 0.717) is 18.7 Å². The number of aromatic nitrogens is 4. The largest absolute Gasteiger partial charge is 0.319 e. The zero-order valence-corrected chi connectivity index (χ0v) is 19.3. The fourth-order valence-electron chi connectivity index (χ4n) is 3.51. The van der Waals surface area contributed by atoms with Gasteiger partial charge in [0.2, 0.25) is 0 Å². The van der Waals surface area contributed by atoms with Crippen LogP contribution in [0.25, 0.3) is 0 Å². The molecular weight excluding hydrogens is 454 g/mol. The first-order valence-corrected chi connectivity index (χ1v) is 10.9. The highest BCUT2D eigenvalue weighted by molar-refractivity contribution is 9.10. The first kappa shape index (κ1) is 21.1. The molecule has 0 fully saturated rings. The molecule has 1 N–H and O–H groups in total. The Morgan fingerprint density at radius 2 is 1.81 bits per heavy atom. The van der Waals surface area contributed by atoms with Crippen LogP contribution in [-0.2, 0) is 13.1 Å². The quantitative estimate of drug-likeness (QED) is 0.419. The first-order chi connectivity index (χ1) is 14.9. The number of anilines is 1. The molecule has 2 aromatic carbocycles. The lowest BCUT2D eigenvalue weighted by molar-refractivity contribution is 0.102. The van der Waals surface area contributed by atoms with E-state index in [1.165, 1.54) is 11.1 Å². The predicted octanol–water partition coefficient (Wildman–Crippen LogP) is 5.12. The topological polar surface area (TPSA) is 64.7 Å². The van der Waals surface area contributed by atoms with Crippen molar-refractivity contribution in [3.63, 3.8) is 0 Å². The summed E-state index contributed by atoms with van der Waals surface area (Å²) in [6, 6.07) is 16.0. The molecule has 0 unspecified atom stereocenters. The number of nitrogens with one attached hydrogen (secondary N) is 1. The summed E-state index contributed by atoms with van der Waals surface area (Å²) in [5, 5.41) is 12.0. The molecule has 0 aliphatic carbocycles. The Morgan fingerprint density at radius 3 is 2.52 bits per heavy atom. The van der Waals surface area contributed by atoms with E-state index in [0.717, 1.165) is 27.1 Å². The third-order valence-corrected chi connectivity index (χ3v) is 5.62. The molecule has 0 radical (unpaired) electrons. The molecule has 0 bridgehead atoms. The summed E-state index contributed by atoms with van der Waals surface area (Å²) in [6.07, 6.45) is 3.65. The van der Waals surface area contributed by atoms with Gasteiger partial charge in [-0.3, -0.25) is 14.2 Å². The van der Waals surface area contributed by atoms with Crippen molar-refractivity contribution in [2.24, 2.45) is 0 Å². The molecule has 2 heterocycles. The lowest BCUT2D eigenvalue weighted by Crippen LogP contribution is -2.14. The second-order valence-electron chi connectivity index (χ2n) is 7.70. The molecule has 0 saturated carbocycles. The van der Waals surface area contributed by atoms with Crippen LogP contribution in [0.3, 0.4) is 0 Å². The standard InChI is InChI=1S/C24H24BrN5O/c1-16-7-9-19(10-8-16)14-30-18(3)23(17(2)28-30)27-24(31)21-6-4-5-20(11-21)13-29-15-22(25)12-26-29/h4-12,15H,13-14H2,1-3H3,(H,27,31). The molecule has 6 nitrogen and oxygen atoms in total. The summed E-state index contributed by atoms with van der Waals surface area (Å²) >= 11 is 3.40. The number of hydrogen-bond acceptors (Lipinski definition) is 3. The van der Waals surface area contributed by atoms with E-state index in [2.05, 4.69) is 62.6 Å². The van der Waals surface area contributed by atoms with Crippen LogP contribution in [0.15, 0.2) is 65.4 Å². The lowest BCUT2D eigenvalue weighted by atomic mass is 10.1. The Bertz CT molecular complexity index is 1220. The van der Waals surface area contributed by atoms with Crippen molar-refractivity contribution in [3.8, 4) is 0 Å². The number of aryl methyl sites for hydroxylation is 2. The summed E-state index contributed by atoms with van der Waals surface area (Å²) in [6.45, 7) is 7.23. The van der Waals surface area contributed by atoms with Crippen molar-refractivity contribution in [1.29, 1.82) is 0 Å². The van der Waals surface area contributed by atoms with Crippen molar-refractivity contribution < 1.29 is 4.79 Å². The van der Waals surface area contributed by atoms with Crippen LogP contribution in [-0.4, -0.2) is 25.5 Å². The van der Waals surface area contributed by atoms with Crippen LogP contribution in [0.2, 0.25) is 0 Å². The monoisotopic (exact) mass is 477 g/mol. The van der Waals surface area contributed by atoms with Gasteiger partial charge in [0, 0.05) is 11.8 Å². The van der Waals surface area contributed by atoms with E-state index in [-0.39, 0.29) is 5.91 Å². The van der Waals surface area contributed by atoms with Gasteiger partial charge in [-0.15, -0.1) is 0 Å². The Kier molecular flexibility index (Phi) is 6.04. The molecule has 0 saturated heterocycles. The molecule has 0 spiro atoms. The van der Waals surface area contributed by atoms with Gasteiger partial charge < -0.3 is 5.32 Å². The highest BCUT2D eigenvalue weighted by atomic mass is 79.9. The zero-order chi connectivity index (χ0) is 22.0. The number of benzene rings is 2. The molecule has 4 rings (SSSR count). The van der Waals surface area contributed by atoms with Crippen molar-refractivity contribution in [3.05, 3.63) is 99.0 Å². The van der Waals surface area contributed by atoms with E-state index in [4.69, 9.17) is 0 Å². The Labute approximate surface area is 190 Å². The maximum atomic E-state index is 13.0. The molecular formula is C24H24BrN5O. The summed E-state index contributed by atoms with van der Waals surface area (Å²) in [5.41, 5.74) is 6.51. The van der Waals surface area contributed by atoms with Crippen LogP contribution in [0.5, 0.6) is 0 Å². The Hall–Kier alpha value is -3.19. The Balaban J connectivity index is 1.50. The number of halogens is 1. The first-order valence-electron chi connectivity index (χ1n) is 10.1. The van der Waals surface area contributed by atoms with Gasteiger partial charge in [-0.05, 0) is 60.0 Å². The number of carbonyl (C=O) groups is 1. The number of carbonyl (C=O) groups excluding carboxylic acids is 1. The van der Waals surface area contributed by atoms with Gasteiger partial charge in [-0.25, -0.2) is 0 Å². The number of nitrogens with zero attached hydrogens (tertiary/aromatic N) is 4. The maximum absolute atomic E-state index is 13.0. The van der Waals surface area contributed by atoms with Crippen LogP contribution in [0.1, 0.15) is 38.4 Å². The fourth-order valence-corrected chi connectivity index (χ4v) is 3.83. The van der Waals surface area contributed by atoms with Gasteiger partial charge in [0.05, 0.1) is 40.8 Å². The molecule has 4 aromatic rings. The summed E-state index contributed by atoms with van der Waals surface area (Å²) in [7, 11) is 0. The molecule has 7 heteroatoms. The number of hydrogen-bond donors (Lipinski definition) is 1. The predicted molar refractivity (Wildman–Crippen MR) is 125 cm³/mol. The van der Waals surface area contributed by atoms with Crippen LogP contribution in [0, 0.1) is 20.8 Å². The molecule has 158 valence electrons. The van der Waals surface area contributed by atoms with E-state index in [9.17, 15) is 4.79 Å². The van der Waals surface area contributed by atoms with Crippen molar-refractivity contribution in [2.45, 2.75) is 33.9 Å². The normalized spacial score (nSPS) is 11.0. The molecule has 0 atom stereocenters. The average molecular weight is 478 g/mol. The van der Waals surface area contributed by atoms with E-state index < -0.39 is 0 Å². The van der Waals surface area contributed by atoms with Gasteiger partial charge in [0.15, 0.2) is 0 Å². The minimum Gasteiger partial charge on any atom is -0.319 e. The third kappa shape index (κ3) is 4.94. The van der Waals surface area contributed by atoms with Crippen molar-refractivity contribution >= 4 is 27.5 Å². The summed E-state index contributed by atoms with van der Waals surface area (Å²) in [5.74, 6) is -0.149. The second kappa shape index (κ2) is 8.89. The SMILES string of the molecule is Cc1ccc(Cn2nc(C)c(NC(=O)c3cccc(Cn4cc(Br)cn4)c3)c2C)cc1. The average Bonchev–Trinajstić information content (AvgIpc) is 3.27. The van der Waals surface area contributed by atoms with E-state index in [1.807, 2.05) is 53.7 Å². The molecule has 1 amide bonds. The van der Waals surface area contributed by atoms with Gasteiger partial charge >= 0.3 is 0 Å². The van der Waals surface area contributed by atoms with Gasteiger partial charge in [-0.1, -0.05) is 42.0 Å². The minimum absolute atomic E-state index is 0.149. The van der Waals surface area contributed by atoms with Gasteiger partial charge in [-0.2, -0.15) is 10.2 Å². The van der Waals surface area contributed by atoms with E-state index >= 15 is 0 Å². The summed E-state index contributed by atoms with van der Waals surface area (Å²) in [4.78, 5) is 13.0. The Morgan fingerprint density at radius 1 is 1.03 bits per heavy atom. The molecule has 2 aromatic heterocycles. The van der Waals surface area contributed by atoms with Crippen LogP contribution in [0.4, 0.5) is 5.69 Å². The molecule has 31 heavy (non-hydrogen) atoms. The fraction of sp³-hybridized carbons (Fsp3) is 0.208. The second-order valence-corrected chi connectivity index (χ2v) is 8.62. The highest BCUT2D eigenvalue weighted by Gasteiger charge is 2.16. The lowest BCUT2D eigenvalue weighted by Gasteiger charge is -2.09. The smallest absolute Gasteiger partial charge is 0.255 e. The summed E-state index contributed by atoms with van der Waals surface area (Å²) < 4.78 is 4.68. The number of amides is 1. The van der Waals surface area contributed by atoms with Crippen LogP contribution >= 0.6 is 15.9 Å². The zero-order valence-electron chi connectivity index (χ0n) is 17.8. The molecule has 0 aliphatic heterocycles. The highest BCUT2D eigenvalue weighted by Crippen LogP contribution is 2.22. The van der Waals surface area contributed by atoms with Crippen LogP contribution < -0.4 is 5.32 Å².